The lowest BCUT2D eigenvalue weighted by atomic mass is 10.1. The average molecular weight is 392 g/mol. The van der Waals surface area contributed by atoms with Gasteiger partial charge in [-0.25, -0.2) is 9.97 Å². The number of rotatable bonds is 4. The number of pyridine rings is 1. The molecule has 0 atom stereocenters. The fourth-order valence-electron chi connectivity index (χ4n) is 3.24. The molecule has 1 aliphatic heterocycles. The van der Waals surface area contributed by atoms with Crippen LogP contribution in [-0.4, -0.2) is 39.8 Å². The second kappa shape index (κ2) is 7.90. The normalized spacial score (nSPS) is 13.5. The highest BCUT2D eigenvalue weighted by Gasteiger charge is 2.21. The zero-order valence-electron chi connectivity index (χ0n) is 15.5. The number of carbonyl (C=O) groups is 2. The highest BCUT2D eigenvalue weighted by molar-refractivity contribution is 7.14. The molecule has 0 unspecified atom stereocenters. The third-order valence-corrected chi connectivity index (χ3v) is 5.50. The van der Waals surface area contributed by atoms with Crippen LogP contribution < -0.4 is 5.32 Å². The first kappa shape index (κ1) is 18.3. The summed E-state index contributed by atoms with van der Waals surface area (Å²) in [6.07, 6.45) is 2.03. The fraction of sp³-hybridized carbons (Fsp3) is 0.238. The number of hydrogen-bond donors (Lipinski definition) is 1. The van der Waals surface area contributed by atoms with Crippen LogP contribution in [-0.2, 0) is 0 Å². The Bertz CT molecular complexity index is 1020. The van der Waals surface area contributed by atoms with Gasteiger partial charge >= 0.3 is 0 Å². The molecule has 1 N–H and O–H groups in total. The second-order valence-corrected chi connectivity index (χ2v) is 7.57. The summed E-state index contributed by atoms with van der Waals surface area (Å²) in [6.45, 7) is 3.52. The fourth-order valence-corrected chi connectivity index (χ4v) is 3.94. The van der Waals surface area contributed by atoms with Crippen LogP contribution in [0.15, 0.2) is 47.8 Å². The molecule has 1 fully saturated rings. The standard InChI is InChI=1S/C21H20N4O2S/c1-14-7-2-3-8-15(14)18-13-28-21(23-18)24-19(26)16-9-6-10-17(22-16)20(27)25-11-4-5-12-25/h2-3,6-10,13H,4-5,11-12H2,1H3,(H,23,24,26). The van der Waals surface area contributed by atoms with Crippen molar-refractivity contribution in [2.45, 2.75) is 19.8 Å². The monoisotopic (exact) mass is 392 g/mol. The predicted molar refractivity (Wildman–Crippen MR) is 110 cm³/mol. The van der Waals surface area contributed by atoms with Crippen LogP contribution in [0.2, 0.25) is 0 Å². The van der Waals surface area contributed by atoms with Crippen molar-refractivity contribution in [2.75, 3.05) is 18.4 Å². The highest BCUT2D eigenvalue weighted by Crippen LogP contribution is 2.27. The lowest BCUT2D eigenvalue weighted by molar-refractivity contribution is 0.0787. The van der Waals surface area contributed by atoms with E-state index in [4.69, 9.17) is 0 Å². The maximum absolute atomic E-state index is 12.6. The van der Waals surface area contributed by atoms with E-state index in [2.05, 4.69) is 15.3 Å². The van der Waals surface area contributed by atoms with Gasteiger partial charge in [-0.2, -0.15) is 0 Å². The second-order valence-electron chi connectivity index (χ2n) is 6.71. The zero-order valence-corrected chi connectivity index (χ0v) is 16.3. The molecule has 0 aliphatic carbocycles. The number of aryl methyl sites for hydroxylation is 1. The summed E-state index contributed by atoms with van der Waals surface area (Å²) in [5.74, 6) is -0.495. The van der Waals surface area contributed by atoms with Crippen LogP contribution in [0.3, 0.4) is 0 Å². The number of hydrogen-bond acceptors (Lipinski definition) is 5. The molecule has 4 rings (SSSR count). The van der Waals surface area contributed by atoms with E-state index in [0.717, 1.165) is 42.8 Å². The third kappa shape index (κ3) is 3.80. The molecule has 142 valence electrons. The van der Waals surface area contributed by atoms with E-state index < -0.39 is 0 Å². The number of nitrogens with one attached hydrogen (secondary N) is 1. The van der Waals surface area contributed by atoms with Gasteiger partial charge in [0.25, 0.3) is 11.8 Å². The Morgan fingerprint density at radius 2 is 1.75 bits per heavy atom. The van der Waals surface area contributed by atoms with E-state index >= 15 is 0 Å². The summed E-state index contributed by atoms with van der Waals surface area (Å²) in [5.41, 5.74) is 3.49. The Morgan fingerprint density at radius 3 is 2.54 bits per heavy atom. The van der Waals surface area contributed by atoms with E-state index in [9.17, 15) is 9.59 Å². The van der Waals surface area contributed by atoms with Crippen LogP contribution in [0.5, 0.6) is 0 Å². The van der Waals surface area contributed by atoms with Gasteiger partial charge in [0.2, 0.25) is 0 Å². The molecular formula is C21H20N4O2S. The Balaban J connectivity index is 1.49. The SMILES string of the molecule is Cc1ccccc1-c1csc(NC(=O)c2cccc(C(=O)N3CCCC3)n2)n1. The van der Waals surface area contributed by atoms with Crippen LogP contribution >= 0.6 is 11.3 Å². The minimum absolute atomic E-state index is 0.122. The van der Waals surface area contributed by atoms with Crippen molar-refractivity contribution >= 4 is 28.3 Å². The predicted octanol–water partition coefficient (Wildman–Crippen LogP) is 4.00. The number of amides is 2. The lowest BCUT2D eigenvalue weighted by Crippen LogP contribution is -2.29. The van der Waals surface area contributed by atoms with E-state index in [1.165, 1.54) is 11.3 Å². The number of carbonyl (C=O) groups excluding carboxylic acids is 2. The molecule has 1 saturated heterocycles. The lowest BCUT2D eigenvalue weighted by Gasteiger charge is -2.14. The Hall–Kier alpha value is -3.06. The number of benzene rings is 1. The molecule has 3 heterocycles. The van der Waals surface area contributed by atoms with Gasteiger partial charge in [0.1, 0.15) is 11.4 Å². The van der Waals surface area contributed by atoms with Crippen molar-refractivity contribution in [2.24, 2.45) is 0 Å². The largest absolute Gasteiger partial charge is 0.337 e. The van der Waals surface area contributed by atoms with Gasteiger partial charge in [0.05, 0.1) is 5.69 Å². The van der Waals surface area contributed by atoms with Crippen molar-refractivity contribution < 1.29 is 9.59 Å². The molecule has 0 radical (unpaired) electrons. The number of thiazole rings is 1. The van der Waals surface area contributed by atoms with Gasteiger partial charge in [0.15, 0.2) is 5.13 Å². The Kier molecular flexibility index (Phi) is 5.16. The molecule has 28 heavy (non-hydrogen) atoms. The van der Waals surface area contributed by atoms with E-state index in [1.807, 2.05) is 36.6 Å². The first-order valence-corrected chi connectivity index (χ1v) is 10.1. The summed E-state index contributed by atoms with van der Waals surface area (Å²) in [5, 5.41) is 5.20. The summed E-state index contributed by atoms with van der Waals surface area (Å²) in [4.78, 5) is 35.6. The zero-order chi connectivity index (χ0) is 19.5. The molecular weight excluding hydrogens is 372 g/mol. The van der Waals surface area contributed by atoms with Crippen molar-refractivity contribution in [3.8, 4) is 11.3 Å². The number of aromatic nitrogens is 2. The highest BCUT2D eigenvalue weighted by atomic mass is 32.1. The molecule has 0 saturated carbocycles. The minimum Gasteiger partial charge on any atom is -0.337 e. The van der Waals surface area contributed by atoms with Crippen LogP contribution in [0, 0.1) is 6.92 Å². The number of anilines is 1. The molecule has 0 spiro atoms. The molecule has 1 aromatic carbocycles. The maximum Gasteiger partial charge on any atom is 0.276 e. The van der Waals surface area contributed by atoms with Crippen LogP contribution in [0.25, 0.3) is 11.3 Å². The summed E-state index contributed by atoms with van der Waals surface area (Å²) < 4.78 is 0. The molecule has 7 heteroatoms. The molecule has 2 aromatic heterocycles. The molecule has 3 aromatic rings. The van der Waals surface area contributed by atoms with Gasteiger partial charge in [-0.05, 0) is 37.5 Å². The van der Waals surface area contributed by atoms with Gasteiger partial charge in [-0.15, -0.1) is 11.3 Å². The average Bonchev–Trinajstić information content (AvgIpc) is 3.40. The smallest absolute Gasteiger partial charge is 0.276 e. The molecule has 0 bridgehead atoms. The Morgan fingerprint density at radius 1 is 1.00 bits per heavy atom. The maximum atomic E-state index is 12.6. The summed E-state index contributed by atoms with van der Waals surface area (Å²) in [7, 11) is 0. The Labute approximate surface area is 167 Å². The summed E-state index contributed by atoms with van der Waals surface area (Å²) in [6, 6.07) is 12.9. The topological polar surface area (TPSA) is 75.2 Å². The van der Waals surface area contributed by atoms with E-state index in [0.29, 0.717) is 10.8 Å². The number of likely N-dealkylation sites (tertiary alicyclic amines) is 1. The van der Waals surface area contributed by atoms with Crippen LogP contribution in [0.4, 0.5) is 5.13 Å². The molecule has 1 aliphatic rings. The summed E-state index contributed by atoms with van der Waals surface area (Å²) >= 11 is 1.36. The first-order chi connectivity index (χ1) is 13.6. The first-order valence-electron chi connectivity index (χ1n) is 9.21. The van der Waals surface area contributed by atoms with Gasteiger partial charge in [0, 0.05) is 24.0 Å². The van der Waals surface area contributed by atoms with Crippen molar-refractivity contribution in [3.63, 3.8) is 0 Å². The van der Waals surface area contributed by atoms with Crippen LogP contribution in [0.1, 0.15) is 39.4 Å². The van der Waals surface area contributed by atoms with Gasteiger partial charge in [-0.3, -0.25) is 14.9 Å². The van der Waals surface area contributed by atoms with Gasteiger partial charge in [-0.1, -0.05) is 30.3 Å². The van der Waals surface area contributed by atoms with E-state index in [1.54, 1.807) is 23.1 Å². The minimum atomic E-state index is -0.373. The quantitative estimate of drug-likeness (QED) is 0.728. The van der Waals surface area contributed by atoms with Crippen molar-refractivity contribution in [1.82, 2.24) is 14.9 Å². The number of nitrogens with zero attached hydrogens (tertiary/aromatic N) is 3. The van der Waals surface area contributed by atoms with Crippen molar-refractivity contribution in [1.29, 1.82) is 0 Å². The molecule has 2 amide bonds. The third-order valence-electron chi connectivity index (χ3n) is 4.74. The van der Waals surface area contributed by atoms with Crippen molar-refractivity contribution in [3.05, 3.63) is 64.8 Å². The van der Waals surface area contributed by atoms with Gasteiger partial charge < -0.3 is 4.90 Å². The molecule has 6 nitrogen and oxygen atoms in total. The van der Waals surface area contributed by atoms with E-state index in [-0.39, 0.29) is 17.5 Å².